The Kier molecular flexibility index (Phi) is 8.30. The fraction of sp³-hybridized carbons (Fsp3) is 0.276. The molecule has 3 aromatic rings. The molecular formula is C29H29Cl2N3O4S. The minimum absolute atomic E-state index is 0.0171. The van der Waals surface area contributed by atoms with Gasteiger partial charge in [-0.2, -0.15) is 4.31 Å². The van der Waals surface area contributed by atoms with Crippen LogP contribution < -0.4 is 10.8 Å². The summed E-state index contributed by atoms with van der Waals surface area (Å²) in [5.74, 6) is -0.260. The third kappa shape index (κ3) is 6.48. The van der Waals surface area contributed by atoms with E-state index in [1.165, 1.54) is 16.4 Å². The molecule has 1 spiro atoms. The number of carbonyl (C=O) groups is 1. The summed E-state index contributed by atoms with van der Waals surface area (Å²) in [5, 5.41) is 3.58. The third-order valence-electron chi connectivity index (χ3n) is 7.08. The predicted octanol–water partition coefficient (Wildman–Crippen LogP) is 4.91. The maximum absolute atomic E-state index is 13.3. The van der Waals surface area contributed by atoms with E-state index in [-0.39, 0.29) is 35.0 Å². The van der Waals surface area contributed by atoms with Gasteiger partial charge in [0.05, 0.1) is 5.02 Å². The molecule has 0 radical (unpaired) electrons. The Morgan fingerprint density at radius 2 is 1.54 bits per heavy atom. The highest BCUT2D eigenvalue weighted by Crippen LogP contribution is 2.35. The second-order valence-electron chi connectivity index (χ2n) is 9.86. The molecule has 1 fully saturated rings. The van der Waals surface area contributed by atoms with Gasteiger partial charge >= 0.3 is 0 Å². The highest BCUT2D eigenvalue weighted by atomic mass is 35.5. The van der Waals surface area contributed by atoms with Crippen LogP contribution in [0, 0.1) is 0 Å². The molecule has 2 N–H and O–H groups in total. The molecule has 0 atom stereocenters. The summed E-state index contributed by atoms with van der Waals surface area (Å²) in [6, 6.07) is 24.3. The summed E-state index contributed by atoms with van der Waals surface area (Å²) in [6.07, 6.45) is 3.90. The summed E-state index contributed by atoms with van der Waals surface area (Å²) < 4.78 is 27.8. The molecule has 2 aliphatic rings. The molecule has 0 aliphatic carbocycles. The van der Waals surface area contributed by atoms with Gasteiger partial charge in [-0.15, -0.1) is 0 Å². The molecule has 3 aromatic carbocycles. The van der Waals surface area contributed by atoms with Crippen molar-refractivity contribution in [1.29, 1.82) is 0 Å². The van der Waals surface area contributed by atoms with E-state index in [1.54, 1.807) is 12.1 Å². The van der Waals surface area contributed by atoms with Crippen LogP contribution in [0.4, 0.5) is 0 Å². The molecule has 0 unspecified atom stereocenters. The Morgan fingerprint density at radius 3 is 2.13 bits per heavy atom. The number of hydroxylamine groups is 1. The van der Waals surface area contributed by atoms with E-state index >= 15 is 0 Å². The number of nitrogens with zero attached hydrogens (tertiary/aromatic N) is 1. The average Bonchev–Trinajstić information content (AvgIpc) is 3.35. The fourth-order valence-electron chi connectivity index (χ4n) is 4.99. The number of piperidine rings is 1. The van der Waals surface area contributed by atoms with Crippen molar-refractivity contribution in [3.63, 3.8) is 0 Å². The lowest BCUT2D eigenvalue weighted by Crippen LogP contribution is -2.46. The minimum atomic E-state index is -3.83. The summed E-state index contributed by atoms with van der Waals surface area (Å²) >= 11 is 12.2. The summed E-state index contributed by atoms with van der Waals surface area (Å²) in [7, 11) is -3.83. The number of rotatable bonds is 8. The maximum atomic E-state index is 13.3. The molecule has 2 aliphatic heterocycles. The van der Waals surface area contributed by atoms with E-state index in [2.05, 4.69) is 10.8 Å². The lowest BCUT2D eigenvalue weighted by Gasteiger charge is -2.36. The van der Waals surface area contributed by atoms with Crippen molar-refractivity contribution < 1.29 is 18.0 Å². The average molecular weight is 587 g/mol. The summed E-state index contributed by atoms with van der Waals surface area (Å²) in [5.41, 5.74) is 4.62. The smallest absolute Gasteiger partial charge is 0.269 e. The van der Waals surface area contributed by atoms with Gasteiger partial charge in [0.15, 0.2) is 0 Å². The second kappa shape index (κ2) is 11.7. The van der Waals surface area contributed by atoms with Gasteiger partial charge in [0.1, 0.15) is 16.2 Å². The van der Waals surface area contributed by atoms with Crippen LogP contribution in [-0.4, -0.2) is 43.4 Å². The molecule has 0 saturated carbocycles. The van der Waals surface area contributed by atoms with E-state index in [9.17, 15) is 13.2 Å². The van der Waals surface area contributed by atoms with Crippen molar-refractivity contribution in [3.05, 3.63) is 112 Å². The Labute approximate surface area is 238 Å². The van der Waals surface area contributed by atoms with Crippen LogP contribution in [-0.2, 0) is 32.5 Å². The molecule has 0 bridgehead atoms. The Morgan fingerprint density at radius 1 is 0.949 bits per heavy atom. The van der Waals surface area contributed by atoms with Gasteiger partial charge in [0.2, 0.25) is 10.0 Å². The fourth-order valence-corrected chi connectivity index (χ4v) is 7.17. The Bertz CT molecular complexity index is 1420. The Hall–Kier alpha value is -2.88. The zero-order chi connectivity index (χ0) is 27.5. The molecule has 5 rings (SSSR count). The highest BCUT2D eigenvalue weighted by Gasteiger charge is 2.43. The van der Waals surface area contributed by atoms with Crippen molar-refractivity contribution >= 4 is 39.1 Å². The molecular weight excluding hydrogens is 557 g/mol. The van der Waals surface area contributed by atoms with Gasteiger partial charge < -0.3 is 5.32 Å². The first kappa shape index (κ1) is 27.7. The van der Waals surface area contributed by atoms with Crippen molar-refractivity contribution in [2.24, 2.45) is 0 Å². The SMILES string of the molecule is O=C(NC(Cc1ccccc1)Cc1ccccc1)C1=CC2(CCN(S(=O)(=O)c3cc(Cl)ccc3Cl)CC2)ON1. The number of halogens is 2. The Balaban J connectivity index is 1.26. The second-order valence-corrected chi connectivity index (χ2v) is 12.6. The largest absolute Gasteiger partial charge is 0.347 e. The molecule has 7 nitrogen and oxygen atoms in total. The number of benzene rings is 3. The van der Waals surface area contributed by atoms with Crippen molar-refractivity contribution in [3.8, 4) is 0 Å². The number of hydrogen-bond donors (Lipinski definition) is 2. The minimum Gasteiger partial charge on any atom is -0.347 e. The predicted molar refractivity (Wildman–Crippen MR) is 152 cm³/mol. The molecule has 0 aromatic heterocycles. The lowest BCUT2D eigenvalue weighted by atomic mass is 9.92. The van der Waals surface area contributed by atoms with Gasteiger partial charge in [-0.1, -0.05) is 83.9 Å². The number of hydrogen-bond acceptors (Lipinski definition) is 5. The van der Waals surface area contributed by atoms with Crippen LogP contribution in [0.3, 0.4) is 0 Å². The first-order chi connectivity index (χ1) is 18.7. The maximum Gasteiger partial charge on any atom is 0.269 e. The van der Waals surface area contributed by atoms with Gasteiger partial charge in [-0.25, -0.2) is 8.42 Å². The molecule has 2 heterocycles. The van der Waals surface area contributed by atoms with Crippen molar-refractivity contribution in [2.45, 2.75) is 42.2 Å². The number of nitrogens with one attached hydrogen (secondary N) is 2. The first-order valence-electron chi connectivity index (χ1n) is 12.7. The number of sulfonamides is 1. The van der Waals surface area contributed by atoms with Crippen molar-refractivity contribution in [2.75, 3.05) is 13.1 Å². The normalized spacial score (nSPS) is 17.2. The zero-order valence-corrected chi connectivity index (χ0v) is 23.5. The standard InChI is InChI=1S/C29H29Cl2N3O4S/c30-23-11-12-25(31)27(19-23)39(36,37)34-15-13-29(14-16-34)20-26(33-38-29)28(35)32-24(17-21-7-3-1-4-8-21)18-22-9-5-2-6-10-22/h1-12,19-20,24,33H,13-18H2,(H,32,35). The lowest BCUT2D eigenvalue weighted by molar-refractivity contribution is -0.120. The van der Waals surface area contributed by atoms with E-state index in [1.807, 2.05) is 60.7 Å². The van der Waals surface area contributed by atoms with Crippen LogP contribution in [0.2, 0.25) is 10.0 Å². The van der Waals surface area contributed by atoms with Crippen LogP contribution in [0.1, 0.15) is 24.0 Å². The van der Waals surface area contributed by atoms with Crippen LogP contribution in [0.25, 0.3) is 0 Å². The quantitative estimate of drug-likeness (QED) is 0.392. The van der Waals surface area contributed by atoms with Crippen LogP contribution in [0.5, 0.6) is 0 Å². The van der Waals surface area contributed by atoms with E-state index in [0.29, 0.717) is 36.4 Å². The van der Waals surface area contributed by atoms with Crippen LogP contribution >= 0.6 is 23.2 Å². The van der Waals surface area contributed by atoms with Gasteiger partial charge in [-0.05, 0) is 61.1 Å². The topological polar surface area (TPSA) is 87.7 Å². The van der Waals surface area contributed by atoms with Gasteiger partial charge in [-0.3, -0.25) is 15.1 Å². The van der Waals surface area contributed by atoms with Crippen molar-refractivity contribution in [1.82, 2.24) is 15.1 Å². The zero-order valence-electron chi connectivity index (χ0n) is 21.1. The van der Waals surface area contributed by atoms with Gasteiger partial charge in [0.25, 0.3) is 5.91 Å². The monoisotopic (exact) mass is 585 g/mol. The number of amides is 1. The summed E-state index contributed by atoms with van der Waals surface area (Å²) in [6.45, 7) is 0.422. The van der Waals surface area contributed by atoms with Crippen LogP contribution in [0.15, 0.2) is 95.5 Å². The third-order valence-corrected chi connectivity index (χ3v) is 9.70. The molecule has 1 amide bonds. The van der Waals surface area contributed by atoms with E-state index in [4.69, 9.17) is 28.0 Å². The van der Waals surface area contributed by atoms with E-state index < -0.39 is 15.6 Å². The van der Waals surface area contributed by atoms with Gasteiger partial charge in [0, 0.05) is 24.2 Å². The molecule has 39 heavy (non-hydrogen) atoms. The molecule has 10 heteroatoms. The first-order valence-corrected chi connectivity index (χ1v) is 14.9. The number of carbonyl (C=O) groups excluding carboxylic acids is 1. The van der Waals surface area contributed by atoms with E-state index in [0.717, 1.165) is 11.1 Å². The molecule has 204 valence electrons. The summed E-state index contributed by atoms with van der Waals surface area (Å²) in [4.78, 5) is 19.1. The molecule has 1 saturated heterocycles. The highest BCUT2D eigenvalue weighted by molar-refractivity contribution is 7.89.